The maximum atomic E-state index is 12.0. The quantitative estimate of drug-likeness (QED) is 0.438. The first kappa shape index (κ1) is 22.3. The average molecular weight is 449 g/mol. The van der Waals surface area contributed by atoms with Gasteiger partial charge in [-0.3, -0.25) is 14.2 Å². The van der Waals surface area contributed by atoms with E-state index in [1.54, 1.807) is 19.3 Å². The van der Waals surface area contributed by atoms with Gasteiger partial charge in [0.1, 0.15) is 11.5 Å². The molecule has 0 saturated carbocycles. The zero-order chi connectivity index (χ0) is 21.6. The summed E-state index contributed by atoms with van der Waals surface area (Å²) < 4.78 is 53.0. The van der Waals surface area contributed by atoms with Crippen LogP contribution in [0.5, 0.6) is 11.5 Å². The number of sulfonamides is 1. The van der Waals surface area contributed by atoms with E-state index in [0.29, 0.717) is 34.5 Å². The Morgan fingerprint density at radius 2 is 1.70 bits per heavy atom. The van der Waals surface area contributed by atoms with E-state index in [1.165, 1.54) is 0 Å². The van der Waals surface area contributed by atoms with Crippen molar-refractivity contribution in [3.63, 3.8) is 0 Å². The Morgan fingerprint density at radius 1 is 1.03 bits per heavy atom. The zero-order valence-corrected chi connectivity index (χ0v) is 18.1. The molecule has 0 spiro atoms. The summed E-state index contributed by atoms with van der Waals surface area (Å²) >= 11 is -2.80. The Kier molecular flexibility index (Phi) is 7.48. The van der Waals surface area contributed by atoms with E-state index in [0.717, 1.165) is 16.6 Å². The van der Waals surface area contributed by atoms with Crippen molar-refractivity contribution in [3.8, 4) is 11.5 Å². The highest BCUT2D eigenvalue weighted by Crippen LogP contribution is 2.24. The number of benzene rings is 2. The number of hydrogen-bond acceptors (Lipinski definition) is 7. The summed E-state index contributed by atoms with van der Waals surface area (Å²) in [5.41, 5.74) is 2.48. The summed E-state index contributed by atoms with van der Waals surface area (Å²) in [6.07, 6.45) is 4.55. The minimum absolute atomic E-state index is 0.0746. The predicted octanol–water partition coefficient (Wildman–Crippen LogP) is 3.19. The molecule has 1 unspecified atom stereocenters. The van der Waals surface area contributed by atoms with Crippen LogP contribution in [0.4, 0.5) is 0 Å². The molecule has 0 amide bonds. The molecule has 8 nitrogen and oxygen atoms in total. The number of aryl methyl sites for hydroxylation is 1. The molecule has 1 heterocycles. The van der Waals surface area contributed by atoms with Gasteiger partial charge in [-0.25, -0.2) is 8.42 Å². The zero-order valence-electron chi connectivity index (χ0n) is 16.4. The molecular weight excluding hydrogens is 426 g/mol. The van der Waals surface area contributed by atoms with Gasteiger partial charge in [0.2, 0.25) is 10.0 Å². The molecule has 0 N–H and O–H groups in total. The molecular formula is C20H22N3O5S2-. The molecule has 10 heteroatoms. The van der Waals surface area contributed by atoms with Gasteiger partial charge in [0.05, 0.1) is 16.8 Å². The lowest BCUT2D eigenvalue weighted by Gasteiger charge is -2.23. The van der Waals surface area contributed by atoms with E-state index in [1.807, 2.05) is 42.5 Å². The Balaban J connectivity index is 1.58. The fourth-order valence-electron chi connectivity index (χ4n) is 2.95. The standard InChI is InChI=1S/C20H23N3O5S2/c1-2-14-30(26,27)23(29(24)25)13-3-4-16-5-7-17(8-6-16)28-18-9-10-19-20(15-18)22-12-11-21-19/h5-12,15H,2-4,13-14H2,1H3,(H,24,25)/p-1. The number of ether oxygens (including phenoxy) is 1. The van der Waals surface area contributed by atoms with Crippen LogP contribution in [-0.4, -0.2) is 43.2 Å². The molecule has 1 aromatic heterocycles. The summed E-state index contributed by atoms with van der Waals surface area (Å²) in [4.78, 5) is 8.47. The molecule has 3 aromatic rings. The van der Waals surface area contributed by atoms with Crippen molar-refractivity contribution in [2.24, 2.45) is 0 Å². The van der Waals surface area contributed by atoms with E-state index >= 15 is 0 Å². The Hall–Kier alpha value is -2.40. The van der Waals surface area contributed by atoms with Crippen LogP contribution >= 0.6 is 0 Å². The van der Waals surface area contributed by atoms with Gasteiger partial charge in [0.15, 0.2) is 0 Å². The largest absolute Gasteiger partial charge is 0.759 e. The SMILES string of the molecule is CCCS(=O)(=O)N(CCCc1ccc(Oc2ccc3nccnc3c2)cc1)S(=O)[O-]. The monoisotopic (exact) mass is 448 g/mol. The summed E-state index contributed by atoms with van der Waals surface area (Å²) in [5.74, 6) is 1.10. The number of fused-ring (bicyclic) bond motifs is 1. The Morgan fingerprint density at radius 3 is 2.37 bits per heavy atom. The van der Waals surface area contributed by atoms with Crippen molar-refractivity contribution in [2.45, 2.75) is 26.2 Å². The van der Waals surface area contributed by atoms with E-state index in [2.05, 4.69) is 9.97 Å². The van der Waals surface area contributed by atoms with Gasteiger partial charge in [-0.1, -0.05) is 19.1 Å². The van der Waals surface area contributed by atoms with E-state index in [-0.39, 0.29) is 12.3 Å². The highest BCUT2D eigenvalue weighted by Gasteiger charge is 2.21. The van der Waals surface area contributed by atoms with Gasteiger partial charge in [-0.15, -0.1) is 3.71 Å². The van der Waals surface area contributed by atoms with Crippen molar-refractivity contribution in [1.82, 2.24) is 13.7 Å². The van der Waals surface area contributed by atoms with Crippen molar-refractivity contribution < 1.29 is 21.9 Å². The lowest BCUT2D eigenvalue weighted by Crippen LogP contribution is -2.35. The summed E-state index contributed by atoms with van der Waals surface area (Å²) in [5, 5.41) is 0. The molecule has 0 aliphatic rings. The van der Waals surface area contributed by atoms with E-state index in [4.69, 9.17) is 4.74 Å². The van der Waals surface area contributed by atoms with Crippen molar-refractivity contribution in [1.29, 1.82) is 0 Å². The number of nitrogens with zero attached hydrogens (tertiary/aromatic N) is 3. The van der Waals surface area contributed by atoms with Crippen LogP contribution in [0.3, 0.4) is 0 Å². The van der Waals surface area contributed by atoms with Gasteiger partial charge >= 0.3 is 0 Å². The van der Waals surface area contributed by atoms with E-state index < -0.39 is 21.3 Å². The normalized spacial score (nSPS) is 12.9. The fourth-order valence-corrected chi connectivity index (χ4v) is 5.32. The van der Waals surface area contributed by atoms with Crippen LogP contribution in [0.15, 0.2) is 54.9 Å². The molecule has 3 rings (SSSR count). The number of rotatable bonds is 10. The van der Waals surface area contributed by atoms with Gasteiger partial charge in [-0.05, 0) is 49.1 Å². The topological polar surface area (TPSA) is 113 Å². The fraction of sp³-hybridized carbons (Fsp3) is 0.300. The molecule has 0 radical (unpaired) electrons. The molecule has 0 fully saturated rings. The van der Waals surface area contributed by atoms with Crippen LogP contribution in [0, 0.1) is 0 Å². The second-order valence-corrected chi connectivity index (χ2v) is 9.73. The molecule has 30 heavy (non-hydrogen) atoms. The Labute approximate surface area is 178 Å². The second-order valence-electron chi connectivity index (χ2n) is 6.62. The van der Waals surface area contributed by atoms with Crippen molar-refractivity contribution in [2.75, 3.05) is 12.3 Å². The first-order valence-electron chi connectivity index (χ1n) is 9.46. The smallest absolute Gasteiger partial charge is 0.224 e. The summed E-state index contributed by atoms with van der Waals surface area (Å²) in [6.45, 7) is 1.62. The molecule has 0 aliphatic heterocycles. The van der Waals surface area contributed by atoms with Crippen LogP contribution in [0.2, 0.25) is 0 Å². The molecule has 0 saturated heterocycles. The minimum Gasteiger partial charge on any atom is -0.759 e. The van der Waals surface area contributed by atoms with Gasteiger partial charge < -0.3 is 9.29 Å². The third kappa shape index (κ3) is 5.82. The van der Waals surface area contributed by atoms with Crippen molar-refractivity contribution >= 4 is 32.3 Å². The summed E-state index contributed by atoms with van der Waals surface area (Å²) in [7, 11) is -3.79. The number of aromatic nitrogens is 2. The predicted molar refractivity (Wildman–Crippen MR) is 114 cm³/mol. The van der Waals surface area contributed by atoms with Crippen LogP contribution < -0.4 is 4.74 Å². The molecule has 0 aliphatic carbocycles. The first-order chi connectivity index (χ1) is 14.4. The number of hydrogen-bond donors (Lipinski definition) is 0. The third-order valence-corrected chi connectivity index (χ3v) is 7.63. The first-order valence-corrected chi connectivity index (χ1v) is 12.1. The maximum Gasteiger partial charge on any atom is 0.224 e. The highest BCUT2D eigenvalue weighted by atomic mass is 32.3. The van der Waals surface area contributed by atoms with Gasteiger partial charge in [0.25, 0.3) is 0 Å². The summed E-state index contributed by atoms with van der Waals surface area (Å²) in [6, 6.07) is 12.8. The maximum absolute atomic E-state index is 12.0. The van der Waals surface area contributed by atoms with Crippen LogP contribution in [0.25, 0.3) is 11.0 Å². The Bertz CT molecular complexity index is 1120. The highest BCUT2D eigenvalue weighted by molar-refractivity contribution is 7.99. The minimum atomic E-state index is -3.79. The van der Waals surface area contributed by atoms with Gasteiger partial charge in [-0.2, -0.15) is 0 Å². The molecule has 1 atom stereocenters. The molecule has 2 aromatic carbocycles. The third-order valence-electron chi connectivity index (χ3n) is 4.34. The van der Waals surface area contributed by atoms with E-state index in [9.17, 15) is 17.2 Å². The lowest BCUT2D eigenvalue weighted by atomic mass is 10.1. The average Bonchev–Trinajstić information content (AvgIpc) is 2.72. The second kappa shape index (κ2) is 10.1. The van der Waals surface area contributed by atoms with Crippen LogP contribution in [0.1, 0.15) is 25.3 Å². The lowest BCUT2D eigenvalue weighted by molar-refractivity contribution is 0.458. The van der Waals surface area contributed by atoms with Crippen LogP contribution in [-0.2, 0) is 27.7 Å². The van der Waals surface area contributed by atoms with Crippen molar-refractivity contribution in [3.05, 3.63) is 60.4 Å². The molecule has 0 bridgehead atoms. The molecule has 160 valence electrons. The van der Waals surface area contributed by atoms with Gasteiger partial charge in [0, 0.05) is 36.3 Å².